The molecule has 0 spiro atoms. The predicted molar refractivity (Wildman–Crippen MR) is 78.2 cm³/mol. The average Bonchev–Trinajstić information content (AvgIpc) is 3.13. The van der Waals surface area contributed by atoms with E-state index in [1.807, 2.05) is 24.3 Å². The summed E-state index contributed by atoms with van der Waals surface area (Å²) in [4.78, 5) is 13.5. The van der Waals surface area contributed by atoms with Gasteiger partial charge in [-0.15, -0.1) is 12.4 Å². The van der Waals surface area contributed by atoms with Crippen LogP contribution in [0.3, 0.4) is 0 Å². The van der Waals surface area contributed by atoms with Crippen molar-refractivity contribution < 1.29 is 4.79 Å². The van der Waals surface area contributed by atoms with Gasteiger partial charge in [0.1, 0.15) is 0 Å². The van der Waals surface area contributed by atoms with Crippen molar-refractivity contribution in [2.24, 2.45) is 5.92 Å². The van der Waals surface area contributed by atoms with Crippen LogP contribution in [0.4, 0.5) is 5.69 Å². The number of carbonyl (C=O) groups excluding carboxylic acids is 1. The van der Waals surface area contributed by atoms with Crippen LogP contribution < -0.4 is 10.6 Å². The molecule has 1 aromatic heterocycles. The van der Waals surface area contributed by atoms with E-state index >= 15 is 0 Å². The van der Waals surface area contributed by atoms with E-state index in [1.54, 1.807) is 12.4 Å². The van der Waals surface area contributed by atoms with Crippen molar-refractivity contribution in [3.8, 4) is 5.69 Å². The smallest absolute Gasteiger partial charge is 0.228 e. The molecule has 0 bridgehead atoms. The van der Waals surface area contributed by atoms with Gasteiger partial charge in [-0.2, -0.15) is 15.0 Å². The molecule has 0 aliphatic carbocycles. The summed E-state index contributed by atoms with van der Waals surface area (Å²) in [7, 11) is 0. The van der Waals surface area contributed by atoms with E-state index in [1.165, 1.54) is 4.80 Å². The number of nitrogens with one attached hydrogen (secondary N) is 2. The Labute approximate surface area is 123 Å². The Kier molecular flexibility index (Phi) is 4.70. The Morgan fingerprint density at radius 1 is 1.25 bits per heavy atom. The van der Waals surface area contributed by atoms with Crippen molar-refractivity contribution in [2.45, 2.75) is 6.42 Å². The Morgan fingerprint density at radius 3 is 2.55 bits per heavy atom. The van der Waals surface area contributed by atoms with Crippen molar-refractivity contribution in [1.29, 1.82) is 0 Å². The molecule has 106 valence electrons. The Hall–Kier alpha value is -1.92. The second kappa shape index (κ2) is 6.49. The molecule has 1 fully saturated rings. The summed E-state index contributed by atoms with van der Waals surface area (Å²) in [6.07, 6.45) is 4.16. The molecule has 0 radical (unpaired) electrons. The van der Waals surface area contributed by atoms with Crippen LogP contribution in [0, 0.1) is 5.92 Å². The van der Waals surface area contributed by atoms with Crippen molar-refractivity contribution in [2.75, 3.05) is 18.4 Å². The number of halogens is 1. The predicted octanol–water partition coefficient (Wildman–Crippen LogP) is 1.24. The summed E-state index contributed by atoms with van der Waals surface area (Å²) in [5.74, 6) is 0.155. The van der Waals surface area contributed by atoms with Crippen LogP contribution in [-0.2, 0) is 4.79 Å². The highest BCUT2D eigenvalue weighted by Gasteiger charge is 2.22. The van der Waals surface area contributed by atoms with Gasteiger partial charge in [0.15, 0.2) is 0 Å². The van der Waals surface area contributed by atoms with Crippen LogP contribution in [0.25, 0.3) is 5.69 Å². The molecule has 2 N–H and O–H groups in total. The first kappa shape index (κ1) is 14.5. The van der Waals surface area contributed by atoms with Gasteiger partial charge in [-0.3, -0.25) is 4.79 Å². The molecule has 6 nitrogen and oxygen atoms in total. The van der Waals surface area contributed by atoms with Crippen LogP contribution in [0.1, 0.15) is 6.42 Å². The largest absolute Gasteiger partial charge is 0.326 e. The third-order valence-corrected chi connectivity index (χ3v) is 3.22. The highest BCUT2D eigenvalue weighted by molar-refractivity contribution is 5.92. The van der Waals surface area contributed by atoms with E-state index in [-0.39, 0.29) is 24.2 Å². The van der Waals surface area contributed by atoms with Gasteiger partial charge in [-0.05, 0) is 37.2 Å². The fraction of sp³-hybridized carbons (Fsp3) is 0.308. The molecule has 1 unspecified atom stereocenters. The topological polar surface area (TPSA) is 71.8 Å². The molecule has 1 saturated heterocycles. The molecule has 7 heteroatoms. The minimum atomic E-state index is 0. The molecule has 1 aliphatic rings. The van der Waals surface area contributed by atoms with Crippen molar-refractivity contribution in [3.63, 3.8) is 0 Å². The van der Waals surface area contributed by atoms with Gasteiger partial charge >= 0.3 is 0 Å². The normalized spacial score (nSPS) is 17.5. The lowest BCUT2D eigenvalue weighted by Crippen LogP contribution is -2.24. The number of benzene rings is 1. The quantitative estimate of drug-likeness (QED) is 0.893. The summed E-state index contributed by atoms with van der Waals surface area (Å²) in [6.45, 7) is 1.68. The van der Waals surface area contributed by atoms with Gasteiger partial charge in [0, 0.05) is 12.2 Å². The molecular formula is C13H16ClN5O. The Bertz CT molecular complexity index is 549. The molecule has 1 aliphatic heterocycles. The summed E-state index contributed by atoms with van der Waals surface area (Å²) in [5.41, 5.74) is 1.67. The maximum atomic E-state index is 11.9. The molecular weight excluding hydrogens is 278 g/mol. The second-order valence-electron chi connectivity index (χ2n) is 4.54. The minimum Gasteiger partial charge on any atom is -0.326 e. The zero-order valence-corrected chi connectivity index (χ0v) is 11.6. The van der Waals surface area contributed by atoms with E-state index in [0.717, 1.165) is 30.9 Å². The number of rotatable bonds is 3. The van der Waals surface area contributed by atoms with Crippen LogP contribution in [0.2, 0.25) is 0 Å². The lowest BCUT2D eigenvalue weighted by Gasteiger charge is -2.10. The molecule has 2 aromatic rings. The van der Waals surface area contributed by atoms with Gasteiger partial charge in [0.25, 0.3) is 0 Å². The molecule has 1 amide bonds. The maximum Gasteiger partial charge on any atom is 0.228 e. The van der Waals surface area contributed by atoms with Crippen LogP contribution in [-0.4, -0.2) is 34.0 Å². The number of aromatic nitrogens is 3. The number of anilines is 1. The SMILES string of the molecule is Cl.O=C(Nc1ccc(-n2nccn2)cc1)C1CCNC1. The van der Waals surface area contributed by atoms with Gasteiger partial charge in [-0.25, -0.2) is 0 Å². The monoisotopic (exact) mass is 293 g/mol. The van der Waals surface area contributed by atoms with Crippen molar-refractivity contribution >= 4 is 24.0 Å². The first-order valence-electron chi connectivity index (χ1n) is 6.31. The molecule has 1 aromatic carbocycles. The van der Waals surface area contributed by atoms with Crippen LogP contribution in [0.15, 0.2) is 36.7 Å². The molecule has 3 rings (SSSR count). The zero-order chi connectivity index (χ0) is 13.1. The number of nitrogens with zero attached hydrogens (tertiary/aromatic N) is 3. The van der Waals surface area contributed by atoms with E-state index in [0.29, 0.717) is 0 Å². The standard InChI is InChI=1S/C13H15N5O.ClH/c19-13(10-5-6-14-9-10)17-11-1-3-12(4-2-11)18-15-7-8-16-18;/h1-4,7-8,10,14H,5-6,9H2,(H,17,19);1H. The fourth-order valence-corrected chi connectivity index (χ4v) is 2.15. The zero-order valence-electron chi connectivity index (χ0n) is 10.8. The number of hydrogen-bond donors (Lipinski definition) is 2. The Balaban J connectivity index is 0.00000147. The highest BCUT2D eigenvalue weighted by atomic mass is 35.5. The molecule has 2 heterocycles. The van der Waals surface area contributed by atoms with E-state index < -0.39 is 0 Å². The second-order valence-corrected chi connectivity index (χ2v) is 4.54. The van der Waals surface area contributed by atoms with Gasteiger partial charge < -0.3 is 10.6 Å². The van der Waals surface area contributed by atoms with Crippen LogP contribution >= 0.6 is 12.4 Å². The number of carbonyl (C=O) groups is 1. The summed E-state index contributed by atoms with van der Waals surface area (Å²) >= 11 is 0. The van der Waals surface area contributed by atoms with E-state index in [9.17, 15) is 4.79 Å². The average molecular weight is 294 g/mol. The van der Waals surface area contributed by atoms with Gasteiger partial charge in [0.2, 0.25) is 5.91 Å². The number of hydrogen-bond acceptors (Lipinski definition) is 4. The van der Waals surface area contributed by atoms with E-state index in [4.69, 9.17) is 0 Å². The summed E-state index contributed by atoms with van der Waals surface area (Å²) < 4.78 is 0. The van der Waals surface area contributed by atoms with Gasteiger partial charge in [-0.1, -0.05) is 0 Å². The summed E-state index contributed by atoms with van der Waals surface area (Å²) in [5, 5.41) is 14.2. The third kappa shape index (κ3) is 3.15. The van der Waals surface area contributed by atoms with Crippen molar-refractivity contribution in [1.82, 2.24) is 20.3 Å². The number of amides is 1. The van der Waals surface area contributed by atoms with Crippen molar-refractivity contribution in [3.05, 3.63) is 36.7 Å². The minimum absolute atomic E-state index is 0. The Morgan fingerprint density at radius 2 is 1.95 bits per heavy atom. The third-order valence-electron chi connectivity index (χ3n) is 3.22. The maximum absolute atomic E-state index is 11.9. The van der Waals surface area contributed by atoms with Gasteiger partial charge in [0.05, 0.1) is 24.0 Å². The molecule has 0 saturated carbocycles. The molecule has 1 atom stereocenters. The molecule has 20 heavy (non-hydrogen) atoms. The van der Waals surface area contributed by atoms with E-state index in [2.05, 4.69) is 20.8 Å². The fourth-order valence-electron chi connectivity index (χ4n) is 2.15. The highest BCUT2D eigenvalue weighted by Crippen LogP contribution is 2.15. The summed E-state index contributed by atoms with van der Waals surface area (Å²) in [6, 6.07) is 7.48. The lowest BCUT2D eigenvalue weighted by molar-refractivity contribution is -0.119. The first-order chi connectivity index (χ1) is 9.33. The lowest BCUT2D eigenvalue weighted by atomic mass is 10.1. The van der Waals surface area contributed by atoms with Crippen LogP contribution in [0.5, 0.6) is 0 Å². The first-order valence-corrected chi connectivity index (χ1v) is 6.31.